The molecule has 1 saturated carbocycles. The second kappa shape index (κ2) is 15.9. The monoisotopic (exact) mass is 668 g/mol. The molecule has 50 heavy (non-hydrogen) atoms. The van der Waals surface area contributed by atoms with E-state index < -0.39 is 35.7 Å². The number of carbonyl (C=O) groups is 4. The summed E-state index contributed by atoms with van der Waals surface area (Å²) in [6.07, 6.45) is 5.56. The predicted octanol–water partition coefficient (Wildman–Crippen LogP) is 7.36. The number of nitrogens with one attached hydrogen (secondary N) is 1. The lowest BCUT2D eigenvalue weighted by molar-refractivity contribution is -0.136. The van der Waals surface area contributed by atoms with Gasteiger partial charge in [-0.1, -0.05) is 136 Å². The molecule has 256 valence electrons. The van der Waals surface area contributed by atoms with Gasteiger partial charge in [-0.05, 0) is 37.0 Å². The number of primary amides is 1. The highest BCUT2D eigenvalue weighted by atomic mass is 16.2. The first-order chi connectivity index (χ1) is 24.4. The van der Waals surface area contributed by atoms with E-state index in [1.54, 1.807) is 36.4 Å². The average Bonchev–Trinajstić information content (AvgIpc) is 3.63. The number of hydrogen-bond acceptors (Lipinski definition) is 5. The molecule has 8 heteroatoms. The lowest BCUT2D eigenvalue weighted by atomic mass is 9.80. The summed E-state index contributed by atoms with van der Waals surface area (Å²) in [5.74, 6) is -2.57. The molecule has 2 aliphatic rings. The molecule has 3 atom stereocenters. The molecule has 6 rings (SSSR count). The summed E-state index contributed by atoms with van der Waals surface area (Å²) in [6, 6.07) is 33.0. The first-order valence-electron chi connectivity index (χ1n) is 17.7. The molecule has 4 aromatic carbocycles. The normalized spacial score (nSPS) is 17.3. The third-order valence-electron chi connectivity index (χ3n) is 9.96. The zero-order chi connectivity index (χ0) is 35.0. The minimum Gasteiger partial charge on any atom is -0.369 e. The third kappa shape index (κ3) is 7.59. The van der Waals surface area contributed by atoms with E-state index in [1.807, 2.05) is 79.7 Å². The molecule has 3 amide bonds. The van der Waals surface area contributed by atoms with Gasteiger partial charge < -0.3 is 11.1 Å². The Morgan fingerprint density at radius 2 is 1.50 bits per heavy atom. The summed E-state index contributed by atoms with van der Waals surface area (Å²) < 4.78 is 0. The Morgan fingerprint density at radius 1 is 0.840 bits per heavy atom. The molecule has 8 nitrogen and oxygen atoms in total. The molecular formula is C42H44N4O4. The van der Waals surface area contributed by atoms with Crippen LogP contribution in [0.2, 0.25) is 0 Å². The van der Waals surface area contributed by atoms with Gasteiger partial charge in [-0.25, -0.2) is 4.99 Å². The quantitative estimate of drug-likeness (QED) is 0.145. The van der Waals surface area contributed by atoms with E-state index in [2.05, 4.69) is 5.32 Å². The Hall–Kier alpha value is -5.37. The smallest absolute Gasteiger partial charge is 0.276 e. The fraction of sp³-hybridized carbons (Fsp3) is 0.310. The number of anilines is 2. The summed E-state index contributed by atoms with van der Waals surface area (Å²) in [4.78, 5) is 62.2. The van der Waals surface area contributed by atoms with Gasteiger partial charge >= 0.3 is 0 Å². The van der Waals surface area contributed by atoms with Crippen molar-refractivity contribution in [3.8, 4) is 0 Å². The molecular weight excluding hydrogens is 624 g/mol. The van der Waals surface area contributed by atoms with E-state index >= 15 is 0 Å². The molecule has 1 unspecified atom stereocenters. The van der Waals surface area contributed by atoms with Crippen LogP contribution in [0, 0.1) is 17.8 Å². The van der Waals surface area contributed by atoms with Crippen LogP contribution in [0.25, 0.3) is 0 Å². The second-order valence-electron chi connectivity index (χ2n) is 13.3. The molecule has 0 radical (unpaired) electrons. The second-order valence-corrected chi connectivity index (χ2v) is 13.3. The van der Waals surface area contributed by atoms with Crippen LogP contribution in [0.5, 0.6) is 0 Å². The number of ketones is 1. The molecule has 0 bridgehead atoms. The fourth-order valence-corrected chi connectivity index (χ4v) is 7.36. The molecule has 0 spiro atoms. The highest BCUT2D eigenvalue weighted by Gasteiger charge is 2.39. The number of carbonyl (C=O) groups excluding carboxylic acids is 4. The lowest BCUT2D eigenvalue weighted by Gasteiger charge is -2.29. The van der Waals surface area contributed by atoms with Crippen molar-refractivity contribution in [2.45, 2.75) is 64.5 Å². The van der Waals surface area contributed by atoms with E-state index in [1.165, 1.54) is 4.90 Å². The van der Waals surface area contributed by atoms with Crippen LogP contribution >= 0.6 is 0 Å². The first kappa shape index (κ1) is 34.5. The van der Waals surface area contributed by atoms with Crippen molar-refractivity contribution < 1.29 is 19.2 Å². The van der Waals surface area contributed by atoms with E-state index in [-0.39, 0.29) is 5.78 Å². The maximum absolute atomic E-state index is 14.8. The molecule has 4 aromatic rings. The molecule has 1 aliphatic heterocycles. The first-order valence-corrected chi connectivity index (χ1v) is 17.7. The van der Waals surface area contributed by atoms with Gasteiger partial charge in [0.2, 0.25) is 18.0 Å². The van der Waals surface area contributed by atoms with Crippen molar-refractivity contribution >= 4 is 40.6 Å². The highest BCUT2D eigenvalue weighted by molar-refractivity contribution is 6.22. The number of para-hydroxylation sites is 1. The van der Waals surface area contributed by atoms with Gasteiger partial charge in [0.15, 0.2) is 5.78 Å². The number of unbranched alkanes of at least 4 members (excludes halogenated alkanes) is 1. The zero-order valence-electron chi connectivity index (χ0n) is 28.5. The van der Waals surface area contributed by atoms with Gasteiger partial charge in [0.05, 0.1) is 11.4 Å². The summed E-state index contributed by atoms with van der Waals surface area (Å²) >= 11 is 0. The van der Waals surface area contributed by atoms with Crippen molar-refractivity contribution in [1.29, 1.82) is 0 Å². The average molecular weight is 669 g/mol. The highest BCUT2D eigenvalue weighted by Crippen LogP contribution is 2.37. The summed E-state index contributed by atoms with van der Waals surface area (Å²) in [5, 5.41) is 3.00. The van der Waals surface area contributed by atoms with Crippen molar-refractivity contribution in [2.75, 3.05) is 4.90 Å². The number of fused-ring (bicyclic) bond motifs is 1. The van der Waals surface area contributed by atoms with Crippen LogP contribution in [0.1, 0.15) is 85.3 Å². The Balaban J connectivity index is 1.43. The molecule has 1 heterocycles. The van der Waals surface area contributed by atoms with Crippen molar-refractivity contribution in [2.24, 2.45) is 28.5 Å². The maximum atomic E-state index is 14.8. The van der Waals surface area contributed by atoms with Gasteiger partial charge in [-0.15, -0.1) is 0 Å². The minimum absolute atomic E-state index is 0.173. The SMILES string of the molecule is CCCC[C@H](C(N)=O)[C@@H](CC1CCCC1)C(=O)NC1N=C(c2ccccc2)c2ccccc2N(c2cccc(C(=O)c3ccccc3)c2)C1=O. The van der Waals surface area contributed by atoms with Crippen LogP contribution in [0.15, 0.2) is 114 Å². The summed E-state index contributed by atoms with van der Waals surface area (Å²) in [5.41, 5.74) is 9.98. The molecule has 1 aliphatic carbocycles. The fourth-order valence-electron chi connectivity index (χ4n) is 7.36. The maximum Gasteiger partial charge on any atom is 0.276 e. The van der Waals surface area contributed by atoms with E-state index in [4.69, 9.17) is 10.7 Å². The zero-order valence-corrected chi connectivity index (χ0v) is 28.5. The number of nitrogens with two attached hydrogens (primary N) is 1. The number of amides is 3. The van der Waals surface area contributed by atoms with Crippen LogP contribution < -0.4 is 16.0 Å². The van der Waals surface area contributed by atoms with Crippen molar-refractivity contribution in [3.63, 3.8) is 0 Å². The predicted molar refractivity (Wildman–Crippen MR) is 196 cm³/mol. The number of benzene rings is 4. The van der Waals surface area contributed by atoms with Gasteiger partial charge in [0, 0.05) is 39.8 Å². The van der Waals surface area contributed by atoms with Crippen LogP contribution in [0.4, 0.5) is 11.4 Å². The van der Waals surface area contributed by atoms with Crippen LogP contribution in [-0.2, 0) is 14.4 Å². The third-order valence-corrected chi connectivity index (χ3v) is 9.96. The van der Waals surface area contributed by atoms with E-state index in [9.17, 15) is 19.2 Å². The number of benzodiazepines with no additional fused rings is 1. The number of rotatable bonds is 13. The number of aliphatic imine (C=N–C) groups is 1. The Kier molecular flexibility index (Phi) is 11.0. The van der Waals surface area contributed by atoms with Crippen molar-refractivity contribution in [1.82, 2.24) is 5.32 Å². The molecule has 1 fully saturated rings. The van der Waals surface area contributed by atoms with E-state index in [0.717, 1.165) is 44.1 Å². The minimum atomic E-state index is -1.32. The summed E-state index contributed by atoms with van der Waals surface area (Å²) in [7, 11) is 0. The molecule has 0 saturated heterocycles. The Labute approximate surface area is 293 Å². The van der Waals surface area contributed by atoms with Gasteiger partial charge in [0.25, 0.3) is 5.91 Å². The van der Waals surface area contributed by atoms with Gasteiger partial charge in [-0.2, -0.15) is 0 Å². The van der Waals surface area contributed by atoms with Gasteiger partial charge in [0.1, 0.15) is 0 Å². The van der Waals surface area contributed by atoms with Gasteiger partial charge in [-0.3, -0.25) is 24.1 Å². The van der Waals surface area contributed by atoms with Crippen LogP contribution in [0.3, 0.4) is 0 Å². The molecule has 3 N–H and O–H groups in total. The molecule has 0 aromatic heterocycles. The standard InChI is InChI=1S/C42H44N4O4/c1-2-3-23-33(39(43)48)35(26-28-15-10-11-16-28)41(49)45-40-42(50)46(32-22-14-21-31(27-32)38(47)30-19-8-5-9-20-30)36-25-13-12-24-34(36)37(44-40)29-17-6-4-7-18-29/h4-9,12-14,17-22,24-25,27-28,33,35,40H,2-3,10-11,15-16,23,26H2,1H3,(H2,43,48)(H,45,49)/t33-,35+,40?/m0/s1. The summed E-state index contributed by atoms with van der Waals surface area (Å²) in [6.45, 7) is 2.04. The topological polar surface area (TPSA) is 122 Å². The number of hydrogen-bond donors (Lipinski definition) is 2. The van der Waals surface area contributed by atoms with Crippen LogP contribution in [-0.4, -0.2) is 35.4 Å². The Morgan fingerprint density at radius 3 is 2.20 bits per heavy atom. The van der Waals surface area contributed by atoms with Crippen molar-refractivity contribution in [3.05, 3.63) is 131 Å². The Bertz CT molecular complexity index is 1870. The number of nitrogens with zero attached hydrogens (tertiary/aromatic N) is 2. The lowest BCUT2D eigenvalue weighted by Crippen LogP contribution is -2.50. The van der Waals surface area contributed by atoms with E-state index in [0.29, 0.717) is 52.5 Å². The largest absolute Gasteiger partial charge is 0.369 e.